The van der Waals surface area contributed by atoms with E-state index >= 15 is 0 Å². The smallest absolute Gasteiger partial charge is 0.436 e. The molecule has 0 bridgehead atoms. The van der Waals surface area contributed by atoms with Gasteiger partial charge in [0.05, 0.1) is 20.2 Å². The second-order valence-electron chi connectivity index (χ2n) is 3.99. The molecule has 0 aliphatic carbocycles. The molecule has 0 unspecified atom stereocenters. The lowest BCUT2D eigenvalue weighted by molar-refractivity contribution is -0.199. The zero-order valence-electron chi connectivity index (χ0n) is 10.6. The van der Waals surface area contributed by atoms with Crippen LogP contribution in [0.1, 0.15) is 0 Å². The van der Waals surface area contributed by atoms with Crippen molar-refractivity contribution in [3.63, 3.8) is 0 Å². The third kappa shape index (κ3) is 3.41. The van der Waals surface area contributed by atoms with E-state index in [4.69, 9.17) is 4.84 Å². The van der Waals surface area contributed by atoms with Crippen LogP contribution in [-0.2, 0) is 19.2 Å². The fraction of sp³-hybridized carbons (Fsp3) is 0.417. The minimum atomic E-state index is -0.989. The lowest BCUT2D eigenvalue weighted by Crippen LogP contribution is -2.47. The van der Waals surface area contributed by atoms with Gasteiger partial charge < -0.3 is 14.5 Å². The van der Waals surface area contributed by atoms with Gasteiger partial charge in [-0.15, -0.1) is 5.06 Å². The zero-order valence-corrected chi connectivity index (χ0v) is 10.6. The highest BCUT2D eigenvalue weighted by Gasteiger charge is 2.24. The number of rotatable bonds is 2. The van der Waals surface area contributed by atoms with Crippen LogP contribution in [0.4, 0.5) is 5.69 Å². The second-order valence-corrected chi connectivity index (χ2v) is 3.99. The summed E-state index contributed by atoms with van der Waals surface area (Å²) in [5, 5.41) is 1.47. The molecule has 19 heavy (non-hydrogen) atoms. The maximum Gasteiger partial charge on any atom is 0.436 e. The van der Waals surface area contributed by atoms with E-state index in [1.807, 2.05) is 12.1 Å². The van der Waals surface area contributed by atoms with Crippen LogP contribution in [0.15, 0.2) is 24.5 Å². The Bertz CT molecular complexity index is 444. The average molecular weight is 265 g/mol. The maximum absolute atomic E-state index is 11.2. The first-order valence-electron chi connectivity index (χ1n) is 5.91. The summed E-state index contributed by atoms with van der Waals surface area (Å²) in [5.74, 6) is -1.98. The highest BCUT2D eigenvalue weighted by atomic mass is 16.7. The van der Waals surface area contributed by atoms with Crippen LogP contribution in [0.2, 0.25) is 0 Å². The number of piperazine rings is 1. The van der Waals surface area contributed by atoms with E-state index in [9.17, 15) is 9.59 Å². The highest BCUT2D eigenvalue weighted by Crippen LogP contribution is 2.14. The van der Waals surface area contributed by atoms with Crippen molar-refractivity contribution in [1.29, 1.82) is 0 Å². The van der Waals surface area contributed by atoms with Crippen molar-refractivity contribution < 1.29 is 19.2 Å². The number of methoxy groups -OCH3 is 1. The van der Waals surface area contributed by atoms with Gasteiger partial charge in [0.2, 0.25) is 0 Å². The van der Waals surface area contributed by atoms with Gasteiger partial charge >= 0.3 is 11.9 Å². The number of ether oxygens (including phenoxy) is 1. The molecule has 0 saturated carbocycles. The van der Waals surface area contributed by atoms with Gasteiger partial charge in [0.15, 0.2) is 0 Å². The number of hydroxylamine groups is 2. The van der Waals surface area contributed by atoms with Crippen LogP contribution in [0.3, 0.4) is 0 Å². The number of carbonyl (C=O) groups is 2. The fourth-order valence-corrected chi connectivity index (χ4v) is 1.83. The van der Waals surface area contributed by atoms with E-state index in [-0.39, 0.29) is 0 Å². The van der Waals surface area contributed by atoms with E-state index in [0.29, 0.717) is 26.2 Å². The summed E-state index contributed by atoms with van der Waals surface area (Å²) >= 11 is 0. The van der Waals surface area contributed by atoms with Crippen molar-refractivity contribution in [1.82, 2.24) is 10.0 Å². The molecular formula is C12H15N3O4. The number of hydrogen-bond donors (Lipinski definition) is 0. The second kappa shape index (κ2) is 6.14. The van der Waals surface area contributed by atoms with Crippen molar-refractivity contribution in [2.75, 3.05) is 38.2 Å². The zero-order chi connectivity index (χ0) is 13.7. The molecule has 1 aromatic rings. The van der Waals surface area contributed by atoms with E-state index in [1.165, 1.54) is 5.06 Å². The Morgan fingerprint density at radius 3 is 2.32 bits per heavy atom. The topological polar surface area (TPSA) is 72.0 Å². The van der Waals surface area contributed by atoms with Gasteiger partial charge in [-0.1, -0.05) is 0 Å². The number of pyridine rings is 1. The first kappa shape index (κ1) is 13.3. The molecule has 0 amide bonds. The fourth-order valence-electron chi connectivity index (χ4n) is 1.83. The number of nitrogens with zero attached hydrogens (tertiary/aromatic N) is 3. The summed E-state index contributed by atoms with van der Waals surface area (Å²) in [4.78, 5) is 33.2. The van der Waals surface area contributed by atoms with Crippen molar-refractivity contribution in [3.05, 3.63) is 24.5 Å². The van der Waals surface area contributed by atoms with Gasteiger partial charge in [0.1, 0.15) is 0 Å². The molecule has 2 rings (SSSR count). The van der Waals surface area contributed by atoms with Crippen LogP contribution in [0.25, 0.3) is 0 Å². The molecule has 0 radical (unpaired) electrons. The van der Waals surface area contributed by atoms with Gasteiger partial charge in [-0.05, 0) is 12.1 Å². The van der Waals surface area contributed by atoms with Gasteiger partial charge in [0.25, 0.3) is 0 Å². The largest absolute Gasteiger partial charge is 0.461 e. The molecule has 0 atom stereocenters. The Labute approximate surface area is 110 Å². The van der Waals surface area contributed by atoms with Gasteiger partial charge in [0, 0.05) is 31.2 Å². The van der Waals surface area contributed by atoms with Crippen LogP contribution in [-0.4, -0.2) is 55.3 Å². The molecule has 102 valence electrons. The number of esters is 1. The Kier molecular flexibility index (Phi) is 4.30. The molecule has 1 fully saturated rings. The lowest BCUT2D eigenvalue weighted by atomic mass is 10.3. The minimum absolute atomic E-state index is 0.533. The Morgan fingerprint density at radius 2 is 1.74 bits per heavy atom. The molecule has 1 aliphatic rings. The standard InChI is InChI=1S/C12H15N3O4/c1-18-11(16)12(17)19-15-8-6-14(7-9-15)10-2-4-13-5-3-10/h2-5H,6-9H2,1H3. The first-order chi connectivity index (χ1) is 9.20. The molecule has 0 spiro atoms. The average Bonchev–Trinajstić information content (AvgIpc) is 2.48. The third-order valence-electron chi connectivity index (χ3n) is 2.83. The summed E-state index contributed by atoms with van der Waals surface area (Å²) in [7, 11) is 1.14. The minimum Gasteiger partial charge on any atom is -0.461 e. The van der Waals surface area contributed by atoms with Crippen molar-refractivity contribution in [2.24, 2.45) is 0 Å². The number of anilines is 1. The number of aromatic nitrogens is 1. The van der Waals surface area contributed by atoms with E-state index < -0.39 is 11.9 Å². The Hall–Kier alpha value is -2.15. The monoisotopic (exact) mass is 265 g/mol. The van der Waals surface area contributed by atoms with E-state index in [1.54, 1.807) is 12.4 Å². The molecule has 1 aromatic heterocycles. The molecule has 7 nitrogen and oxygen atoms in total. The third-order valence-corrected chi connectivity index (χ3v) is 2.83. The number of carbonyl (C=O) groups excluding carboxylic acids is 2. The van der Waals surface area contributed by atoms with Gasteiger partial charge in [-0.2, -0.15) is 0 Å². The summed E-state index contributed by atoms with van der Waals surface area (Å²) in [6, 6.07) is 3.85. The van der Waals surface area contributed by atoms with Crippen LogP contribution in [0, 0.1) is 0 Å². The van der Waals surface area contributed by atoms with Crippen LogP contribution >= 0.6 is 0 Å². The quantitative estimate of drug-likeness (QED) is 0.543. The summed E-state index contributed by atoms with van der Waals surface area (Å²) in [5.41, 5.74) is 1.08. The molecule has 0 N–H and O–H groups in total. The van der Waals surface area contributed by atoms with E-state index in [2.05, 4.69) is 14.6 Å². The Morgan fingerprint density at radius 1 is 1.11 bits per heavy atom. The highest BCUT2D eigenvalue weighted by molar-refractivity contribution is 6.29. The lowest BCUT2D eigenvalue weighted by Gasteiger charge is -2.34. The summed E-state index contributed by atoms with van der Waals surface area (Å²) in [6.45, 7) is 2.48. The first-order valence-corrected chi connectivity index (χ1v) is 5.91. The van der Waals surface area contributed by atoms with Crippen LogP contribution < -0.4 is 4.90 Å². The summed E-state index contributed by atoms with van der Waals surface area (Å²) in [6.07, 6.45) is 3.47. The van der Waals surface area contributed by atoms with Crippen LogP contribution in [0.5, 0.6) is 0 Å². The summed E-state index contributed by atoms with van der Waals surface area (Å²) < 4.78 is 4.29. The van der Waals surface area contributed by atoms with E-state index in [0.717, 1.165) is 12.8 Å². The van der Waals surface area contributed by atoms with Crippen molar-refractivity contribution in [3.8, 4) is 0 Å². The normalized spacial score (nSPS) is 15.9. The van der Waals surface area contributed by atoms with Gasteiger partial charge in [-0.25, -0.2) is 9.59 Å². The molecule has 7 heteroatoms. The SMILES string of the molecule is COC(=O)C(=O)ON1CCN(c2ccncc2)CC1. The number of hydrogen-bond acceptors (Lipinski definition) is 7. The predicted octanol–water partition coefficient (Wildman–Crippen LogP) is -0.165. The molecular weight excluding hydrogens is 250 g/mol. The molecule has 2 heterocycles. The molecule has 1 aliphatic heterocycles. The predicted molar refractivity (Wildman–Crippen MR) is 66.1 cm³/mol. The van der Waals surface area contributed by atoms with Crippen molar-refractivity contribution >= 4 is 17.6 Å². The molecule has 0 aromatic carbocycles. The van der Waals surface area contributed by atoms with Gasteiger partial charge in [-0.3, -0.25) is 4.98 Å². The Balaban J connectivity index is 1.83. The van der Waals surface area contributed by atoms with Crippen molar-refractivity contribution in [2.45, 2.75) is 0 Å². The maximum atomic E-state index is 11.2. The molecule has 1 saturated heterocycles.